The minimum absolute atomic E-state index is 0.155. The van der Waals surface area contributed by atoms with Crippen LogP contribution in [0.2, 0.25) is 0 Å². The van der Waals surface area contributed by atoms with Crippen LogP contribution in [0, 0.1) is 19.8 Å². The summed E-state index contributed by atoms with van der Waals surface area (Å²) < 4.78 is 1.82. The van der Waals surface area contributed by atoms with Crippen LogP contribution in [0.25, 0.3) is 0 Å². The number of hydrogen-bond acceptors (Lipinski definition) is 5. The van der Waals surface area contributed by atoms with Gasteiger partial charge in [-0.2, -0.15) is 0 Å². The Morgan fingerprint density at radius 1 is 1.38 bits per heavy atom. The Bertz CT molecular complexity index is 882. The molecule has 2 atom stereocenters. The smallest absolute Gasteiger partial charge is 0.263 e. The molecular weight excluding hydrogens is 348 g/mol. The monoisotopic (exact) mass is 372 g/mol. The second kappa shape index (κ2) is 6.96. The number of carbonyl (C=O) groups is 1. The lowest BCUT2D eigenvalue weighted by Crippen LogP contribution is -2.46. The van der Waals surface area contributed by atoms with E-state index in [0.29, 0.717) is 31.3 Å². The minimum atomic E-state index is -0.288. The van der Waals surface area contributed by atoms with E-state index in [1.54, 1.807) is 17.4 Å². The molecule has 2 N–H and O–H groups in total. The molecule has 1 amide bonds. The van der Waals surface area contributed by atoms with Gasteiger partial charge in [0.15, 0.2) is 0 Å². The van der Waals surface area contributed by atoms with Gasteiger partial charge in [-0.3, -0.25) is 9.59 Å². The third-order valence-electron chi connectivity index (χ3n) is 5.45. The summed E-state index contributed by atoms with van der Waals surface area (Å²) >= 11 is 1.66. The lowest BCUT2D eigenvalue weighted by atomic mass is 9.84. The molecule has 2 aromatic rings. The summed E-state index contributed by atoms with van der Waals surface area (Å²) in [6.07, 6.45) is 1.82. The van der Waals surface area contributed by atoms with Gasteiger partial charge in [-0.1, -0.05) is 0 Å². The van der Waals surface area contributed by atoms with Crippen molar-refractivity contribution in [1.29, 1.82) is 0 Å². The molecule has 1 fully saturated rings. The first-order valence-electron chi connectivity index (χ1n) is 9.18. The maximum Gasteiger partial charge on any atom is 0.263 e. The summed E-state index contributed by atoms with van der Waals surface area (Å²) in [6.45, 7) is 7.10. The summed E-state index contributed by atoms with van der Waals surface area (Å²) in [6, 6.07) is 3.65. The third kappa shape index (κ3) is 3.21. The molecule has 4 heterocycles. The Kier molecular flexibility index (Phi) is 4.67. The van der Waals surface area contributed by atoms with Crippen molar-refractivity contribution in [1.82, 2.24) is 20.2 Å². The number of amides is 1. The Hall–Kier alpha value is -1.99. The van der Waals surface area contributed by atoms with E-state index in [-0.39, 0.29) is 17.0 Å². The molecule has 138 valence electrons. The Balaban J connectivity index is 1.46. The molecular formula is C19H24N4O2S. The Morgan fingerprint density at radius 3 is 3.00 bits per heavy atom. The maximum absolute atomic E-state index is 12.8. The van der Waals surface area contributed by atoms with E-state index in [4.69, 9.17) is 0 Å². The van der Waals surface area contributed by atoms with Gasteiger partial charge >= 0.3 is 0 Å². The molecule has 0 spiro atoms. The highest BCUT2D eigenvalue weighted by molar-refractivity contribution is 7.11. The van der Waals surface area contributed by atoms with Crippen LogP contribution in [0.3, 0.4) is 0 Å². The van der Waals surface area contributed by atoms with E-state index < -0.39 is 0 Å². The number of pyridine rings is 1. The van der Waals surface area contributed by atoms with Gasteiger partial charge in [0.1, 0.15) is 5.56 Å². The van der Waals surface area contributed by atoms with Gasteiger partial charge in [-0.05, 0) is 44.9 Å². The molecule has 7 heteroatoms. The van der Waals surface area contributed by atoms with Crippen molar-refractivity contribution in [3.8, 4) is 0 Å². The van der Waals surface area contributed by atoms with E-state index >= 15 is 0 Å². The molecule has 6 nitrogen and oxygen atoms in total. The normalized spacial score (nSPS) is 21.3. The first-order valence-corrected chi connectivity index (χ1v) is 10.00. The number of aromatic nitrogens is 2. The van der Waals surface area contributed by atoms with Crippen molar-refractivity contribution in [2.45, 2.75) is 39.2 Å². The highest BCUT2D eigenvalue weighted by Crippen LogP contribution is 2.31. The van der Waals surface area contributed by atoms with Gasteiger partial charge in [-0.15, -0.1) is 11.3 Å². The quantitative estimate of drug-likeness (QED) is 0.855. The SMILES string of the molecule is Cc1nc(CCNC(=O)c2ccc3n(c2=O)C[C@@H]2CNC[C@H]3C2)sc1C. The predicted octanol–water partition coefficient (Wildman–Crippen LogP) is 1.60. The van der Waals surface area contributed by atoms with Gasteiger partial charge in [0.25, 0.3) is 11.5 Å². The number of rotatable bonds is 4. The summed E-state index contributed by atoms with van der Waals surface area (Å²) in [5, 5.41) is 7.33. The lowest BCUT2D eigenvalue weighted by Gasteiger charge is -2.37. The summed E-state index contributed by atoms with van der Waals surface area (Å²) in [7, 11) is 0. The lowest BCUT2D eigenvalue weighted by molar-refractivity contribution is 0.0951. The number of thiazole rings is 1. The molecule has 2 aliphatic heterocycles. The fourth-order valence-corrected chi connectivity index (χ4v) is 4.92. The van der Waals surface area contributed by atoms with Crippen LogP contribution in [-0.2, 0) is 13.0 Å². The van der Waals surface area contributed by atoms with E-state index in [9.17, 15) is 9.59 Å². The van der Waals surface area contributed by atoms with Crippen molar-refractivity contribution in [3.63, 3.8) is 0 Å². The standard InChI is InChI=1S/C19H24N4O2S/c1-11-12(2)26-17(22-11)5-6-21-18(24)15-3-4-16-14-7-13(8-20-9-14)10-23(16)19(15)25/h3-4,13-14,20H,5-10H2,1-2H3,(H,21,24)/t13-,14+/m0/s1. The molecule has 26 heavy (non-hydrogen) atoms. The van der Waals surface area contributed by atoms with Crippen LogP contribution in [0.1, 0.15) is 44.0 Å². The molecule has 0 unspecified atom stereocenters. The van der Waals surface area contributed by atoms with Gasteiger partial charge in [-0.25, -0.2) is 4.98 Å². The number of fused-ring (bicyclic) bond motifs is 4. The average Bonchev–Trinajstić information content (AvgIpc) is 2.94. The summed E-state index contributed by atoms with van der Waals surface area (Å²) in [5.74, 6) is 0.571. The van der Waals surface area contributed by atoms with Gasteiger partial charge in [0, 0.05) is 42.5 Å². The summed E-state index contributed by atoms with van der Waals surface area (Å²) in [4.78, 5) is 31.0. The largest absolute Gasteiger partial charge is 0.351 e. The Morgan fingerprint density at radius 2 is 2.23 bits per heavy atom. The number of hydrogen-bond donors (Lipinski definition) is 2. The van der Waals surface area contributed by atoms with Gasteiger partial charge in [0.05, 0.1) is 10.7 Å². The first kappa shape index (κ1) is 17.4. The van der Waals surface area contributed by atoms with Crippen molar-refractivity contribution >= 4 is 17.2 Å². The number of nitrogens with zero attached hydrogens (tertiary/aromatic N) is 2. The molecule has 0 radical (unpaired) electrons. The zero-order chi connectivity index (χ0) is 18.3. The highest BCUT2D eigenvalue weighted by Gasteiger charge is 2.31. The third-order valence-corrected chi connectivity index (χ3v) is 6.58. The maximum atomic E-state index is 12.8. The van der Waals surface area contributed by atoms with Crippen molar-refractivity contribution < 1.29 is 4.79 Å². The minimum Gasteiger partial charge on any atom is -0.351 e. The number of piperidine rings is 1. The molecule has 0 aromatic carbocycles. The van der Waals surface area contributed by atoms with E-state index in [0.717, 1.165) is 35.9 Å². The van der Waals surface area contributed by atoms with Crippen molar-refractivity contribution in [2.75, 3.05) is 19.6 Å². The molecule has 4 rings (SSSR count). The zero-order valence-electron chi connectivity index (χ0n) is 15.2. The first-order chi connectivity index (χ1) is 12.5. The van der Waals surface area contributed by atoms with E-state index in [1.165, 1.54) is 4.88 Å². The molecule has 0 aliphatic carbocycles. The molecule has 0 saturated carbocycles. The highest BCUT2D eigenvalue weighted by atomic mass is 32.1. The molecule has 2 aliphatic rings. The van der Waals surface area contributed by atoms with Crippen LogP contribution in [0.5, 0.6) is 0 Å². The number of carbonyl (C=O) groups excluding carboxylic acids is 1. The fourth-order valence-electron chi connectivity index (χ4n) is 3.99. The second-order valence-electron chi connectivity index (χ2n) is 7.30. The van der Waals surface area contributed by atoms with Crippen LogP contribution in [-0.4, -0.2) is 35.1 Å². The van der Waals surface area contributed by atoms with Gasteiger partial charge < -0.3 is 15.2 Å². The molecule has 1 saturated heterocycles. The van der Waals surface area contributed by atoms with Crippen LogP contribution in [0.15, 0.2) is 16.9 Å². The fraction of sp³-hybridized carbons (Fsp3) is 0.526. The van der Waals surface area contributed by atoms with Crippen LogP contribution >= 0.6 is 11.3 Å². The predicted molar refractivity (Wildman–Crippen MR) is 102 cm³/mol. The number of aryl methyl sites for hydroxylation is 2. The molecule has 2 bridgehead atoms. The Labute approximate surface area is 156 Å². The van der Waals surface area contributed by atoms with Crippen molar-refractivity contribution in [3.05, 3.63) is 49.3 Å². The summed E-state index contributed by atoms with van der Waals surface area (Å²) in [5.41, 5.74) is 2.19. The average molecular weight is 372 g/mol. The van der Waals surface area contributed by atoms with Gasteiger partial charge in [0.2, 0.25) is 0 Å². The zero-order valence-corrected chi connectivity index (χ0v) is 16.0. The molecule has 2 aromatic heterocycles. The van der Waals surface area contributed by atoms with Crippen LogP contribution < -0.4 is 16.2 Å². The van der Waals surface area contributed by atoms with E-state index in [2.05, 4.69) is 15.6 Å². The number of nitrogens with one attached hydrogen (secondary N) is 2. The van der Waals surface area contributed by atoms with E-state index in [1.807, 2.05) is 24.5 Å². The topological polar surface area (TPSA) is 76.0 Å². The van der Waals surface area contributed by atoms with Crippen LogP contribution in [0.4, 0.5) is 0 Å². The van der Waals surface area contributed by atoms with Crippen molar-refractivity contribution in [2.24, 2.45) is 5.92 Å². The second-order valence-corrected chi connectivity index (χ2v) is 8.59.